The molecule has 4 rings (SSSR count). The number of hydrogen-bond acceptors (Lipinski definition) is 5. The van der Waals surface area contributed by atoms with E-state index in [1.165, 1.54) is 0 Å². The van der Waals surface area contributed by atoms with Gasteiger partial charge in [-0.2, -0.15) is 0 Å². The Labute approximate surface area is 198 Å². The Morgan fingerprint density at radius 3 is 2.00 bits per heavy atom. The minimum atomic E-state index is -0.693. The topological polar surface area (TPSA) is 79.0 Å². The number of hydrogen-bond donors (Lipinski definition) is 1. The number of piperazine rings is 1. The van der Waals surface area contributed by atoms with Crippen molar-refractivity contribution in [2.75, 3.05) is 37.7 Å². The van der Waals surface area contributed by atoms with Gasteiger partial charge in [-0.25, -0.2) is 4.79 Å². The van der Waals surface area contributed by atoms with Gasteiger partial charge >= 0.3 is 5.97 Å². The third-order valence-corrected chi connectivity index (χ3v) is 5.73. The van der Waals surface area contributed by atoms with Crippen LogP contribution in [0.4, 0.5) is 5.69 Å². The van der Waals surface area contributed by atoms with Crippen molar-refractivity contribution in [3.05, 3.63) is 102 Å². The molecule has 1 heterocycles. The summed E-state index contributed by atoms with van der Waals surface area (Å²) in [4.78, 5) is 42.0. The summed E-state index contributed by atoms with van der Waals surface area (Å²) < 4.78 is 5.20. The summed E-state index contributed by atoms with van der Waals surface area (Å²) in [6.45, 7) is 2.47. The van der Waals surface area contributed by atoms with E-state index in [0.29, 0.717) is 32.7 Å². The van der Waals surface area contributed by atoms with Gasteiger partial charge in [0.2, 0.25) is 0 Å². The molecule has 1 saturated heterocycles. The fourth-order valence-corrected chi connectivity index (χ4v) is 3.88. The Hall–Kier alpha value is -4.13. The molecular formula is C27H27N3O4. The maximum Gasteiger partial charge on any atom is 0.339 e. The largest absolute Gasteiger partial charge is 0.452 e. The zero-order valence-corrected chi connectivity index (χ0v) is 18.9. The van der Waals surface area contributed by atoms with Crippen molar-refractivity contribution in [3.63, 3.8) is 0 Å². The summed E-state index contributed by atoms with van der Waals surface area (Å²) in [5.41, 5.74) is 2.52. The summed E-state index contributed by atoms with van der Waals surface area (Å²) in [5, 5.41) is 2.72. The Morgan fingerprint density at radius 1 is 0.735 bits per heavy atom. The number of anilines is 1. The highest BCUT2D eigenvalue weighted by Crippen LogP contribution is 2.18. The molecule has 0 unspecified atom stereocenters. The van der Waals surface area contributed by atoms with Crippen LogP contribution in [-0.4, -0.2) is 55.5 Å². The lowest BCUT2D eigenvalue weighted by atomic mass is 10.1. The first-order valence-electron chi connectivity index (χ1n) is 11.3. The average molecular weight is 458 g/mol. The molecule has 1 aliphatic rings. The standard InChI is InChI=1S/C27H27N3O4/c31-25(28-19-21-9-3-1-4-10-21)20-34-27(33)24-14-8-7-13-23(24)26(32)30-17-15-29(16-18-30)22-11-5-2-6-12-22/h1-14H,15-20H2,(H,28,31). The maximum absolute atomic E-state index is 13.2. The zero-order chi connectivity index (χ0) is 23.8. The molecule has 3 aromatic carbocycles. The summed E-state index contributed by atoms with van der Waals surface area (Å²) in [7, 11) is 0. The highest BCUT2D eigenvalue weighted by Gasteiger charge is 2.26. The van der Waals surface area contributed by atoms with Crippen LogP contribution in [0.15, 0.2) is 84.9 Å². The molecule has 0 aliphatic carbocycles. The van der Waals surface area contributed by atoms with Gasteiger partial charge in [0.1, 0.15) is 0 Å². The van der Waals surface area contributed by atoms with Crippen molar-refractivity contribution < 1.29 is 19.1 Å². The molecule has 0 atom stereocenters. The van der Waals surface area contributed by atoms with Gasteiger partial charge in [0.25, 0.3) is 11.8 Å². The number of rotatable bonds is 7. The third-order valence-electron chi connectivity index (χ3n) is 5.73. The molecule has 7 heteroatoms. The van der Waals surface area contributed by atoms with Crippen molar-refractivity contribution in [2.24, 2.45) is 0 Å². The number of benzene rings is 3. The number of carbonyl (C=O) groups excluding carboxylic acids is 3. The Morgan fingerprint density at radius 2 is 1.32 bits per heavy atom. The normalized spacial score (nSPS) is 13.3. The van der Waals surface area contributed by atoms with Crippen LogP contribution in [0.25, 0.3) is 0 Å². The molecular weight excluding hydrogens is 430 g/mol. The fourth-order valence-electron chi connectivity index (χ4n) is 3.88. The summed E-state index contributed by atoms with van der Waals surface area (Å²) in [5.74, 6) is -1.31. The van der Waals surface area contributed by atoms with Crippen molar-refractivity contribution in [1.29, 1.82) is 0 Å². The first-order chi connectivity index (χ1) is 16.6. The van der Waals surface area contributed by atoms with Crippen molar-refractivity contribution in [1.82, 2.24) is 10.2 Å². The molecule has 3 aromatic rings. The van der Waals surface area contributed by atoms with Gasteiger partial charge in [-0.15, -0.1) is 0 Å². The predicted molar refractivity (Wildman–Crippen MR) is 130 cm³/mol. The zero-order valence-electron chi connectivity index (χ0n) is 18.9. The number of ether oxygens (including phenoxy) is 1. The van der Waals surface area contributed by atoms with E-state index >= 15 is 0 Å². The van der Waals surface area contributed by atoms with Gasteiger partial charge in [-0.1, -0.05) is 60.7 Å². The third kappa shape index (κ3) is 5.81. The summed E-state index contributed by atoms with van der Waals surface area (Å²) >= 11 is 0. The molecule has 7 nitrogen and oxygen atoms in total. The van der Waals surface area contributed by atoms with E-state index in [1.807, 2.05) is 48.5 Å². The number of nitrogens with zero attached hydrogens (tertiary/aromatic N) is 2. The molecule has 1 aliphatic heterocycles. The summed E-state index contributed by atoms with van der Waals surface area (Å²) in [6, 6.07) is 26.1. The first-order valence-corrected chi connectivity index (χ1v) is 11.3. The minimum absolute atomic E-state index is 0.161. The van der Waals surface area contributed by atoms with E-state index in [9.17, 15) is 14.4 Å². The van der Waals surface area contributed by atoms with E-state index in [1.54, 1.807) is 29.2 Å². The van der Waals surface area contributed by atoms with Crippen LogP contribution < -0.4 is 10.2 Å². The summed E-state index contributed by atoms with van der Waals surface area (Å²) in [6.07, 6.45) is 0. The van der Waals surface area contributed by atoms with Crippen LogP contribution >= 0.6 is 0 Å². The second kappa shape index (κ2) is 11.1. The number of amides is 2. The van der Waals surface area contributed by atoms with Gasteiger partial charge in [0, 0.05) is 38.4 Å². The van der Waals surface area contributed by atoms with Crippen LogP contribution in [0, 0.1) is 0 Å². The van der Waals surface area contributed by atoms with Crippen LogP contribution in [0.2, 0.25) is 0 Å². The molecule has 174 valence electrons. The number of carbonyl (C=O) groups is 3. The second-order valence-corrected chi connectivity index (χ2v) is 8.00. The highest BCUT2D eigenvalue weighted by atomic mass is 16.5. The first kappa shape index (κ1) is 23.0. The SMILES string of the molecule is O=C(COC(=O)c1ccccc1C(=O)N1CCN(c2ccccc2)CC1)NCc1ccccc1. The maximum atomic E-state index is 13.2. The van der Waals surface area contributed by atoms with Crippen molar-refractivity contribution >= 4 is 23.5 Å². The lowest BCUT2D eigenvalue weighted by Crippen LogP contribution is -2.49. The molecule has 0 spiro atoms. The van der Waals surface area contributed by atoms with Gasteiger partial charge in [0.05, 0.1) is 11.1 Å². The predicted octanol–water partition coefficient (Wildman–Crippen LogP) is 3.12. The Bertz CT molecular complexity index is 1130. The van der Waals surface area contributed by atoms with Crippen LogP contribution in [0.5, 0.6) is 0 Å². The number of nitrogens with one attached hydrogen (secondary N) is 1. The fraction of sp³-hybridized carbons (Fsp3) is 0.222. The minimum Gasteiger partial charge on any atom is -0.452 e. The van der Waals surface area contributed by atoms with Crippen molar-refractivity contribution in [2.45, 2.75) is 6.54 Å². The van der Waals surface area contributed by atoms with E-state index in [0.717, 1.165) is 11.3 Å². The lowest BCUT2D eigenvalue weighted by molar-refractivity contribution is -0.124. The molecule has 0 bridgehead atoms. The molecule has 0 radical (unpaired) electrons. The average Bonchev–Trinajstić information content (AvgIpc) is 2.91. The van der Waals surface area contributed by atoms with Gasteiger partial charge in [-0.3, -0.25) is 9.59 Å². The van der Waals surface area contributed by atoms with Crippen molar-refractivity contribution in [3.8, 4) is 0 Å². The quantitative estimate of drug-likeness (QED) is 0.552. The van der Waals surface area contributed by atoms with Gasteiger partial charge in [0.15, 0.2) is 6.61 Å². The van der Waals surface area contributed by atoms with E-state index in [-0.39, 0.29) is 17.0 Å². The smallest absolute Gasteiger partial charge is 0.339 e. The van der Waals surface area contributed by atoms with Gasteiger partial charge in [-0.05, 0) is 29.8 Å². The number of esters is 1. The monoisotopic (exact) mass is 457 g/mol. The van der Waals surface area contributed by atoms with Crippen LogP contribution in [0.1, 0.15) is 26.3 Å². The molecule has 1 fully saturated rings. The molecule has 0 aromatic heterocycles. The highest BCUT2D eigenvalue weighted by molar-refractivity contribution is 6.05. The van der Waals surface area contributed by atoms with E-state index in [2.05, 4.69) is 22.3 Å². The molecule has 34 heavy (non-hydrogen) atoms. The lowest BCUT2D eigenvalue weighted by Gasteiger charge is -2.36. The van der Waals surface area contributed by atoms with E-state index in [4.69, 9.17) is 4.74 Å². The molecule has 0 saturated carbocycles. The molecule has 2 amide bonds. The second-order valence-electron chi connectivity index (χ2n) is 8.00. The van der Waals surface area contributed by atoms with Crippen LogP contribution in [0.3, 0.4) is 0 Å². The molecule has 1 N–H and O–H groups in total. The van der Waals surface area contributed by atoms with E-state index < -0.39 is 18.5 Å². The Balaban J connectivity index is 1.32. The van der Waals surface area contributed by atoms with Crippen LogP contribution in [-0.2, 0) is 16.1 Å². The number of para-hydroxylation sites is 1. The van der Waals surface area contributed by atoms with Gasteiger partial charge < -0.3 is 19.9 Å². The Kier molecular flexibility index (Phi) is 7.55.